The highest BCUT2D eigenvalue weighted by Gasteiger charge is 2.13. The Morgan fingerprint density at radius 3 is 1.95 bits per heavy atom. The van der Waals surface area contributed by atoms with Gasteiger partial charge in [-0.05, 0) is 25.7 Å². The fourth-order valence-electron chi connectivity index (χ4n) is 2.57. The van der Waals surface area contributed by atoms with Crippen LogP contribution in [0.15, 0.2) is 10.8 Å². The molecule has 0 saturated heterocycles. The van der Waals surface area contributed by atoms with Crippen LogP contribution < -0.4 is 0 Å². The maximum atomic E-state index is 12.3. The van der Waals surface area contributed by atoms with Crippen molar-refractivity contribution in [3.63, 3.8) is 0 Å². The second-order valence-electron chi connectivity index (χ2n) is 6.37. The zero-order valence-electron chi connectivity index (χ0n) is 15.5. The van der Waals surface area contributed by atoms with Crippen LogP contribution in [0.25, 0.3) is 0 Å². The third kappa shape index (κ3) is 11.1. The van der Waals surface area contributed by atoms with Gasteiger partial charge in [-0.1, -0.05) is 77.3 Å². The van der Waals surface area contributed by atoms with Gasteiger partial charge in [-0.2, -0.15) is 0 Å². The van der Waals surface area contributed by atoms with Crippen molar-refractivity contribution in [3.05, 3.63) is 10.8 Å². The predicted molar refractivity (Wildman–Crippen MR) is 100 cm³/mol. The second-order valence-corrected chi connectivity index (χ2v) is 7.58. The van der Waals surface area contributed by atoms with E-state index in [2.05, 4.69) is 20.8 Å². The zero-order valence-corrected chi connectivity index (χ0v) is 17.5. The molecule has 0 radical (unpaired) electrons. The molecule has 0 aromatic heterocycles. The fourth-order valence-corrected chi connectivity index (χ4v) is 3.38. The van der Waals surface area contributed by atoms with Crippen LogP contribution in [0.5, 0.6) is 0 Å². The van der Waals surface area contributed by atoms with Crippen LogP contribution in [0.1, 0.15) is 97.8 Å². The largest absolute Gasteiger partial charge is 0.462 e. The quantitative estimate of drug-likeness (QED) is 0.197. The number of carbonyl (C=O) groups excluding carboxylic acids is 1. The van der Waals surface area contributed by atoms with Crippen molar-refractivity contribution in [2.24, 2.45) is 0 Å². The molecule has 0 saturated carbocycles. The van der Waals surface area contributed by atoms with E-state index >= 15 is 0 Å². The van der Waals surface area contributed by atoms with Gasteiger partial charge in [-0.25, -0.2) is 4.79 Å². The molecule has 0 amide bonds. The summed E-state index contributed by atoms with van der Waals surface area (Å²) in [7, 11) is 0.991. The molecule has 0 aliphatic heterocycles. The van der Waals surface area contributed by atoms with Gasteiger partial charge in [-0.3, -0.25) is 0 Å². The first kappa shape index (κ1) is 21.4. The second kappa shape index (κ2) is 15.3. The van der Waals surface area contributed by atoms with Crippen molar-refractivity contribution >= 4 is 16.2 Å². The molecule has 0 aromatic rings. The van der Waals surface area contributed by atoms with Gasteiger partial charge in [0.25, 0.3) is 0 Å². The molecule has 130 valence electrons. The molecule has 0 rings (SSSR count). The number of hydrogen-bond donors (Lipinski definition) is 0. The van der Waals surface area contributed by atoms with E-state index in [-0.39, 0.29) is 5.97 Å². The molecule has 0 atom stereocenters. The number of carbonyl (C=O) groups is 1. The van der Waals surface area contributed by atoms with E-state index < -0.39 is 0 Å². The number of hydrogen-bond acceptors (Lipinski definition) is 2. The lowest BCUT2D eigenvalue weighted by Crippen LogP contribution is -2.12. The Morgan fingerprint density at radius 1 is 0.773 bits per heavy atom. The summed E-state index contributed by atoms with van der Waals surface area (Å²) in [5.41, 5.74) is 1.01. The van der Waals surface area contributed by atoms with E-state index in [0.29, 0.717) is 6.61 Å². The molecule has 22 heavy (non-hydrogen) atoms. The van der Waals surface area contributed by atoms with Gasteiger partial charge in [0.1, 0.15) is 0 Å². The highest BCUT2D eigenvalue weighted by Crippen LogP contribution is 2.17. The molecule has 0 aromatic carbocycles. The van der Waals surface area contributed by atoms with Crippen LogP contribution in [-0.4, -0.2) is 22.8 Å². The van der Waals surface area contributed by atoms with Gasteiger partial charge in [0.15, 0.2) is 0 Å². The Bertz CT molecular complexity index is 311. The lowest BCUT2D eigenvalue weighted by atomic mass is 10.1. The van der Waals surface area contributed by atoms with Crippen molar-refractivity contribution in [1.82, 2.24) is 0 Å². The van der Waals surface area contributed by atoms with E-state index in [9.17, 15) is 4.79 Å². The Hall–Kier alpha value is -0.573. The van der Waals surface area contributed by atoms with E-state index in [0.717, 1.165) is 47.9 Å². The van der Waals surface area contributed by atoms with Gasteiger partial charge in [0.2, 0.25) is 0 Å². The highest BCUT2D eigenvalue weighted by molar-refractivity contribution is 6.24. The number of rotatable bonds is 14. The molecule has 0 aliphatic carbocycles. The molecule has 0 spiro atoms. The van der Waals surface area contributed by atoms with Crippen LogP contribution >= 0.6 is 0 Å². The Labute approximate surface area is 141 Å². The lowest BCUT2D eigenvalue weighted by Gasteiger charge is -2.12. The third-order valence-corrected chi connectivity index (χ3v) is 5.28. The molecular weight excluding hydrogens is 288 g/mol. The normalized spacial score (nSPS) is 12.3. The monoisotopic (exact) mass is 326 g/mol. The molecule has 2 nitrogen and oxygen atoms in total. The van der Waals surface area contributed by atoms with Gasteiger partial charge >= 0.3 is 5.97 Å². The van der Waals surface area contributed by atoms with E-state index in [1.807, 2.05) is 0 Å². The van der Waals surface area contributed by atoms with Gasteiger partial charge in [0, 0.05) is 15.8 Å². The van der Waals surface area contributed by atoms with E-state index in [1.165, 1.54) is 50.1 Å². The predicted octanol–water partition coefficient (Wildman–Crippen LogP) is 4.89. The molecule has 0 heterocycles. The van der Waals surface area contributed by atoms with Gasteiger partial charge in [0.05, 0.1) is 6.61 Å². The standard InChI is InChI=1S/C19H38O2Si/c1-4-7-10-11-12-13-16-21-19(20)17(14-8-5-2)18(22)15-9-6-3/h4-16H2,1-3,22H3/b18-17+. The molecule has 0 bridgehead atoms. The molecule has 0 N–H and O–H groups in total. The first-order valence-corrected chi connectivity index (χ1v) is 10.5. The SMILES string of the molecule is CCCCCCCCOC(=O)/C(CCCC)=C(/[SiH3])CCCC. The van der Waals surface area contributed by atoms with Crippen molar-refractivity contribution < 1.29 is 9.53 Å². The first-order valence-electron chi connectivity index (χ1n) is 9.53. The van der Waals surface area contributed by atoms with E-state index in [1.54, 1.807) is 0 Å². The maximum Gasteiger partial charge on any atom is 0.333 e. The van der Waals surface area contributed by atoms with Crippen LogP contribution in [0.3, 0.4) is 0 Å². The smallest absolute Gasteiger partial charge is 0.333 e. The topological polar surface area (TPSA) is 26.3 Å². The summed E-state index contributed by atoms with van der Waals surface area (Å²) >= 11 is 0. The Balaban J connectivity index is 4.16. The van der Waals surface area contributed by atoms with Crippen molar-refractivity contribution in [3.8, 4) is 0 Å². The summed E-state index contributed by atoms with van der Waals surface area (Å²) < 4.78 is 5.53. The number of allylic oxidation sites excluding steroid dienone is 1. The summed E-state index contributed by atoms with van der Waals surface area (Å²) in [5, 5.41) is 1.38. The third-order valence-electron chi connectivity index (χ3n) is 4.18. The highest BCUT2D eigenvalue weighted by atomic mass is 28.1. The Morgan fingerprint density at radius 2 is 1.32 bits per heavy atom. The van der Waals surface area contributed by atoms with Crippen LogP contribution in [-0.2, 0) is 9.53 Å². The van der Waals surface area contributed by atoms with Crippen LogP contribution in [0.2, 0.25) is 0 Å². The van der Waals surface area contributed by atoms with Crippen molar-refractivity contribution in [2.75, 3.05) is 6.61 Å². The molecule has 0 fully saturated rings. The summed E-state index contributed by atoms with van der Waals surface area (Å²) in [6.45, 7) is 7.22. The minimum absolute atomic E-state index is 0.0249. The molecule has 0 aliphatic rings. The summed E-state index contributed by atoms with van der Waals surface area (Å²) in [4.78, 5) is 12.3. The van der Waals surface area contributed by atoms with E-state index in [4.69, 9.17) is 4.74 Å². The van der Waals surface area contributed by atoms with Crippen molar-refractivity contribution in [2.45, 2.75) is 97.8 Å². The number of esters is 1. The first-order chi connectivity index (χ1) is 10.7. The fraction of sp³-hybridized carbons (Fsp3) is 0.842. The number of unbranched alkanes of at least 4 members (excludes halogenated alkanes) is 7. The summed E-state index contributed by atoms with van der Waals surface area (Å²) in [6, 6.07) is 0. The minimum atomic E-state index is -0.0249. The van der Waals surface area contributed by atoms with Crippen LogP contribution in [0, 0.1) is 0 Å². The zero-order chi connectivity index (χ0) is 16.6. The molecule has 3 heteroatoms. The Kier molecular flexibility index (Phi) is 14.9. The van der Waals surface area contributed by atoms with Gasteiger partial charge < -0.3 is 4.74 Å². The maximum absolute atomic E-state index is 12.3. The summed E-state index contributed by atoms with van der Waals surface area (Å²) in [5.74, 6) is -0.0249. The van der Waals surface area contributed by atoms with Crippen LogP contribution in [0.4, 0.5) is 0 Å². The average molecular weight is 327 g/mol. The minimum Gasteiger partial charge on any atom is -0.462 e. The lowest BCUT2D eigenvalue weighted by molar-refractivity contribution is -0.139. The van der Waals surface area contributed by atoms with Crippen molar-refractivity contribution in [1.29, 1.82) is 0 Å². The molecule has 0 unspecified atom stereocenters. The van der Waals surface area contributed by atoms with Gasteiger partial charge in [-0.15, -0.1) is 0 Å². The summed E-state index contributed by atoms with van der Waals surface area (Å²) in [6.07, 6.45) is 14.0. The average Bonchev–Trinajstić information content (AvgIpc) is 2.52. The molecular formula is C19H38O2Si. The number of ether oxygens (including phenoxy) is 1.